The Kier molecular flexibility index (Phi) is 8.11. The van der Waals surface area contributed by atoms with Crippen molar-refractivity contribution in [3.63, 3.8) is 0 Å². The second-order valence-corrected chi connectivity index (χ2v) is 6.53. The van der Waals surface area contributed by atoms with Crippen LogP contribution < -0.4 is 14.8 Å². The van der Waals surface area contributed by atoms with Crippen molar-refractivity contribution in [1.29, 1.82) is 0 Å². The fourth-order valence-electron chi connectivity index (χ4n) is 2.29. The molecule has 0 radical (unpaired) electrons. The van der Waals surface area contributed by atoms with E-state index in [-0.39, 0.29) is 5.91 Å². The highest BCUT2D eigenvalue weighted by molar-refractivity contribution is 7.80. The quantitative estimate of drug-likeness (QED) is 0.432. The number of hydrogen-bond acceptors (Lipinski definition) is 3. The summed E-state index contributed by atoms with van der Waals surface area (Å²) in [6.07, 6.45) is 3.16. The van der Waals surface area contributed by atoms with Gasteiger partial charge in [0.2, 0.25) is 5.91 Å². The normalized spacial score (nSPS) is 11.6. The second kappa shape index (κ2) is 10.6. The molecule has 1 unspecified atom stereocenters. The molecule has 0 aromatic heterocycles. The molecule has 0 heterocycles. The summed E-state index contributed by atoms with van der Waals surface area (Å²) in [5.41, 5.74) is 2.22. The van der Waals surface area contributed by atoms with Crippen LogP contribution in [0.15, 0.2) is 48.5 Å². The maximum Gasteiger partial charge on any atom is 0.259 e. The van der Waals surface area contributed by atoms with Gasteiger partial charge >= 0.3 is 0 Å². The Hall–Kier alpha value is -2.38. The Morgan fingerprint density at radius 1 is 1.08 bits per heavy atom. The third kappa shape index (κ3) is 7.25. The van der Waals surface area contributed by atoms with Crippen LogP contribution in [0.5, 0.6) is 5.75 Å². The molecule has 2 aromatic carbocycles. The standard InChI is InChI=1S/C19H24N2O4S/c1-2-3-14-25-18-11-4-15(5-12-18)6-13-19(22)20-16-7-9-17(10-8-16)21-26(23)24/h4-5,7-12,21H,2-3,6,13-14H2,1H3,(H,20,22)(H,23,24). The van der Waals surface area contributed by atoms with Crippen LogP contribution in [0.4, 0.5) is 11.4 Å². The second-order valence-electron chi connectivity index (χ2n) is 5.82. The van der Waals surface area contributed by atoms with Crippen molar-refractivity contribution in [3.8, 4) is 5.75 Å². The lowest BCUT2D eigenvalue weighted by molar-refractivity contribution is -0.116. The molecular weight excluding hydrogens is 352 g/mol. The average molecular weight is 376 g/mol. The van der Waals surface area contributed by atoms with E-state index in [1.165, 1.54) is 0 Å². The molecular formula is C19H24N2O4S. The maximum absolute atomic E-state index is 12.0. The predicted octanol–water partition coefficient (Wildman–Crippen LogP) is 3.99. The van der Waals surface area contributed by atoms with Gasteiger partial charge in [-0.3, -0.25) is 14.1 Å². The molecule has 6 nitrogen and oxygen atoms in total. The van der Waals surface area contributed by atoms with Gasteiger partial charge in [-0.25, -0.2) is 4.21 Å². The zero-order valence-electron chi connectivity index (χ0n) is 14.7. The first kappa shape index (κ1) is 19.9. The van der Waals surface area contributed by atoms with Crippen molar-refractivity contribution in [3.05, 3.63) is 54.1 Å². The van der Waals surface area contributed by atoms with Crippen molar-refractivity contribution in [2.24, 2.45) is 0 Å². The zero-order valence-corrected chi connectivity index (χ0v) is 15.6. The summed E-state index contributed by atoms with van der Waals surface area (Å²) in [7, 11) is 0. The van der Waals surface area contributed by atoms with Gasteiger partial charge < -0.3 is 10.1 Å². The van der Waals surface area contributed by atoms with E-state index < -0.39 is 11.3 Å². The van der Waals surface area contributed by atoms with Crippen LogP contribution in [0.2, 0.25) is 0 Å². The van der Waals surface area contributed by atoms with Crippen LogP contribution in [-0.2, 0) is 22.5 Å². The van der Waals surface area contributed by atoms with Gasteiger partial charge in [-0.1, -0.05) is 25.5 Å². The fourth-order valence-corrected chi connectivity index (χ4v) is 2.63. The summed E-state index contributed by atoms with van der Waals surface area (Å²) in [4.78, 5) is 12.0. The molecule has 0 bridgehead atoms. The number of amides is 1. The minimum atomic E-state index is -2.11. The molecule has 1 atom stereocenters. The van der Waals surface area contributed by atoms with Gasteiger partial charge in [0.25, 0.3) is 11.3 Å². The lowest BCUT2D eigenvalue weighted by atomic mass is 10.1. The van der Waals surface area contributed by atoms with Crippen LogP contribution in [0.3, 0.4) is 0 Å². The van der Waals surface area contributed by atoms with Gasteiger partial charge in [0, 0.05) is 17.8 Å². The van der Waals surface area contributed by atoms with E-state index in [2.05, 4.69) is 17.0 Å². The van der Waals surface area contributed by atoms with E-state index >= 15 is 0 Å². The van der Waals surface area contributed by atoms with Crippen molar-refractivity contribution in [1.82, 2.24) is 0 Å². The number of aryl methyl sites for hydroxylation is 1. The van der Waals surface area contributed by atoms with Gasteiger partial charge in [0.05, 0.1) is 6.61 Å². The highest BCUT2D eigenvalue weighted by Gasteiger charge is 2.04. The number of carbonyl (C=O) groups is 1. The van der Waals surface area contributed by atoms with Crippen LogP contribution in [0.25, 0.3) is 0 Å². The minimum Gasteiger partial charge on any atom is -0.494 e. The molecule has 0 fully saturated rings. The van der Waals surface area contributed by atoms with Crippen molar-refractivity contribution < 1.29 is 18.3 Å². The third-order valence-electron chi connectivity index (χ3n) is 3.70. The molecule has 2 rings (SSSR count). The molecule has 0 aliphatic rings. The van der Waals surface area contributed by atoms with Crippen LogP contribution in [-0.4, -0.2) is 21.3 Å². The third-order valence-corrected chi connectivity index (χ3v) is 4.11. The SMILES string of the molecule is CCCCOc1ccc(CCC(=O)Nc2ccc(NS(=O)O)cc2)cc1. The van der Waals surface area contributed by atoms with Gasteiger partial charge in [-0.15, -0.1) is 0 Å². The number of benzene rings is 2. The van der Waals surface area contributed by atoms with Gasteiger partial charge in [-0.05, 0) is 54.8 Å². The van der Waals surface area contributed by atoms with E-state index in [4.69, 9.17) is 9.29 Å². The monoisotopic (exact) mass is 376 g/mol. The van der Waals surface area contributed by atoms with Crippen molar-refractivity contribution in [2.75, 3.05) is 16.6 Å². The lowest BCUT2D eigenvalue weighted by Gasteiger charge is -2.08. The van der Waals surface area contributed by atoms with Crippen LogP contribution in [0.1, 0.15) is 31.7 Å². The van der Waals surface area contributed by atoms with Crippen LogP contribution >= 0.6 is 0 Å². The predicted molar refractivity (Wildman–Crippen MR) is 105 cm³/mol. The number of anilines is 2. The summed E-state index contributed by atoms with van der Waals surface area (Å²) in [6, 6.07) is 14.4. The number of rotatable bonds is 10. The molecule has 0 saturated heterocycles. The summed E-state index contributed by atoms with van der Waals surface area (Å²) in [5, 5.41) is 2.81. The molecule has 7 heteroatoms. The average Bonchev–Trinajstić information content (AvgIpc) is 2.62. The Morgan fingerprint density at radius 2 is 1.73 bits per heavy atom. The Bertz CT molecular complexity index is 717. The summed E-state index contributed by atoms with van der Waals surface area (Å²) >= 11 is -2.11. The van der Waals surface area contributed by atoms with Crippen molar-refractivity contribution in [2.45, 2.75) is 32.6 Å². The Morgan fingerprint density at radius 3 is 2.35 bits per heavy atom. The van der Waals surface area contributed by atoms with E-state index in [0.29, 0.717) is 24.2 Å². The van der Waals surface area contributed by atoms with Gasteiger partial charge in [0.15, 0.2) is 0 Å². The van der Waals surface area contributed by atoms with E-state index in [1.54, 1.807) is 24.3 Å². The Labute approximate surface area is 156 Å². The van der Waals surface area contributed by atoms with Crippen molar-refractivity contribution >= 4 is 28.5 Å². The number of ether oxygens (including phenoxy) is 1. The topological polar surface area (TPSA) is 87.7 Å². The number of unbranched alkanes of at least 4 members (excludes halogenated alkanes) is 1. The van der Waals surface area contributed by atoms with E-state index in [9.17, 15) is 9.00 Å². The Balaban J connectivity index is 1.76. The summed E-state index contributed by atoms with van der Waals surface area (Å²) < 4.78 is 27.4. The molecule has 0 spiro atoms. The summed E-state index contributed by atoms with van der Waals surface area (Å²) in [5.74, 6) is 0.767. The molecule has 3 N–H and O–H groups in total. The first-order chi connectivity index (χ1) is 12.6. The number of nitrogens with one attached hydrogen (secondary N) is 2. The highest BCUT2D eigenvalue weighted by atomic mass is 32.2. The summed E-state index contributed by atoms with van der Waals surface area (Å²) in [6.45, 7) is 2.85. The molecule has 1 amide bonds. The van der Waals surface area contributed by atoms with Gasteiger partial charge in [0.1, 0.15) is 5.75 Å². The molecule has 0 aliphatic heterocycles. The van der Waals surface area contributed by atoms with Crippen LogP contribution in [0, 0.1) is 0 Å². The molecule has 0 aliphatic carbocycles. The van der Waals surface area contributed by atoms with E-state index in [0.717, 1.165) is 30.8 Å². The molecule has 26 heavy (non-hydrogen) atoms. The number of carbonyl (C=O) groups excluding carboxylic acids is 1. The number of hydrogen-bond donors (Lipinski definition) is 3. The van der Waals surface area contributed by atoms with Gasteiger partial charge in [-0.2, -0.15) is 0 Å². The largest absolute Gasteiger partial charge is 0.494 e. The van der Waals surface area contributed by atoms with E-state index in [1.807, 2.05) is 24.3 Å². The fraction of sp³-hybridized carbons (Fsp3) is 0.316. The maximum atomic E-state index is 12.0. The first-order valence-corrected chi connectivity index (χ1v) is 9.66. The smallest absolute Gasteiger partial charge is 0.259 e. The zero-order chi connectivity index (χ0) is 18.8. The molecule has 0 saturated carbocycles. The molecule has 140 valence electrons. The minimum absolute atomic E-state index is 0.0836. The molecule has 2 aromatic rings. The lowest BCUT2D eigenvalue weighted by Crippen LogP contribution is -2.12. The first-order valence-electron chi connectivity index (χ1n) is 8.56. The highest BCUT2D eigenvalue weighted by Crippen LogP contribution is 2.16.